The first-order valence-corrected chi connectivity index (χ1v) is 10.0. The van der Waals surface area contributed by atoms with Crippen molar-refractivity contribution >= 4 is 21.7 Å². The molecule has 0 radical (unpaired) electrons. The summed E-state index contributed by atoms with van der Waals surface area (Å²) in [5, 5.41) is 6.47. The molecule has 8 heteroatoms. The highest BCUT2D eigenvalue weighted by Gasteiger charge is 2.32. The quantitative estimate of drug-likeness (QED) is 0.884. The Bertz CT molecular complexity index is 912. The summed E-state index contributed by atoms with van der Waals surface area (Å²) in [6.45, 7) is 6.25. The molecule has 0 unspecified atom stereocenters. The van der Waals surface area contributed by atoms with Crippen molar-refractivity contribution in [1.82, 2.24) is 9.46 Å². The minimum absolute atomic E-state index is 0.151. The lowest BCUT2D eigenvalue weighted by Crippen LogP contribution is -2.41. The second-order valence-electron chi connectivity index (χ2n) is 6.74. The molecule has 1 amide bonds. The van der Waals surface area contributed by atoms with Gasteiger partial charge in [0.15, 0.2) is 5.82 Å². The van der Waals surface area contributed by atoms with E-state index in [4.69, 9.17) is 4.52 Å². The number of nitrogens with zero attached hydrogens (tertiary/aromatic N) is 2. The summed E-state index contributed by atoms with van der Waals surface area (Å²) in [5.74, 6) is 0.618. The molecule has 26 heavy (non-hydrogen) atoms. The standard InChI is InChI=1S/C18H23N3O4S/c1-12-4-5-16(10-13(12)2)26(23,24)21-8-6-15(7-9-21)18(22)19-17-11-14(3)25-20-17/h4-5,10-11,15H,6-9H2,1-3H3,(H,19,20,22). The first kappa shape index (κ1) is 18.6. The molecule has 1 fully saturated rings. The molecule has 1 aromatic carbocycles. The molecule has 140 valence electrons. The molecule has 0 bridgehead atoms. The summed E-state index contributed by atoms with van der Waals surface area (Å²) in [5.41, 5.74) is 2.01. The van der Waals surface area contributed by atoms with Crippen molar-refractivity contribution < 1.29 is 17.7 Å². The summed E-state index contributed by atoms with van der Waals surface area (Å²) >= 11 is 0. The van der Waals surface area contributed by atoms with E-state index in [9.17, 15) is 13.2 Å². The second kappa shape index (κ2) is 7.20. The molecule has 0 spiro atoms. The van der Waals surface area contributed by atoms with Crippen molar-refractivity contribution in [3.05, 3.63) is 41.2 Å². The van der Waals surface area contributed by atoms with Gasteiger partial charge >= 0.3 is 0 Å². The smallest absolute Gasteiger partial charge is 0.243 e. The van der Waals surface area contributed by atoms with Crippen LogP contribution in [-0.4, -0.2) is 36.9 Å². The average molecular weight is 377 g/mol. The topological polar surface area (TPSA) is 92.5 Å². The number of anilines is 1. The van der Waals surface area contributed by atoms with E-state index in [-0.39, 0.29) is 11.8 Å². The van der Waals surface area contributed by atoms with E-state index < -0.39 is 10.0 Å². The molecule has 1 saturated heterocycles. The summed E-state index contributed by atoms with van der Waals surface area (Å²) in [6, 6.07) is 6.82. The molecule has 1 N–H and O–H groups in total. The molecule has 0 aliphatic carbocycles. The Morgan fingerprint density at radius 3 is 2.42 bits per heavy atom. The van der Waals surface area contributed by atoms with Crippen LogP contribution in [0.15, 0.2) is 33.7 Å². The largest absolute Gasteiger partial charge is 0.360 e. The molecule has 0 saturated carbocycles. The molecule has 1 aromatic heterocycles. The third-order valence-electron chi connectivity index (χ3n) is 4.82. The number of rotatable bonds is 4. The van der Waals surface area contributed by atoms with Gasteiger partial charge in [-0.2, -0.15) is 4.31 Å². The van der Waals surface area contributed by atoms with Crippen LogP contribution in [0.25, 0.3) is 0 Å². The molecular formula is C18H23N3O4S. The van der Waals surface area contributed by atoms with Gasteiger partial charge < -0.3 is 9.84 Å². The first-order chi connectivity index (χ1) is 12.3. The maximum Gasteiger partial charge on any atom is 0.243 e. The Labute approximate surface area is 153 Å². The average Bonchev–Trinajstić information content (AvgIpc) is 3.02. The number of aromatic nitrogens is 1. The van der Waals surface area contributed by atoms with Crippen molar-refractivity contribution in [3.8, 4) is 0 Å². The number of benzene rings is 1. The number of piperidine rings is 1. The maximum absolute atomic E-state index is 12.8. The monoisotopic (exact) mass is 377 g/mol. The summed E-state index contributed by atoms with van der Waals surface area (Å²) in [4.78, 5) is 12.6. The lowest BCUT2D eigenvalue weighted by atomic mass is 9.97. The number of hydrogen-bond acceptors (Lipinski definition) is 5. The van der Waals surface area contributed by atoms with E-state index in [1.165, 1.54) is 4.31 Å². The molecule has 1 aliphatic heterocycles. The Morgan fingerprint density at radius 1 is 1.15 bits per heavy atom. The maximum atomic E-state index is 12.8. The number of hydrogen-bond donors (Lipinski definition) is 1. The Kier molecular flexibility index (Phi) is 5.15. The number of amides is 1. The molecular weight excluding hydrogens is 354 g/mol. The van der Waals surface area contributed by atoms with Gasteiger partial charge in [0.05, 0.1) is 4.90 Å². The van der Waals surface area contributed by atoms with Gasteiger partial charge in [-0.25, -0.2) is 8.42 Å². The van der Waals surface area contributed by atoms with Crippen molar-refractivity contribution in [2.45, 2.75) is 38.5 Å². The highest BCUT2D eigenvalue weighted by Crippen LogP contribution is 2.26. The van der Waals surface area contributed by atoms with E-state index in [2.05, 4.69) is 10.5 Å². The normalized spacial score (nSPS) is 16.6. The Balaban J connectivity index is 1.63. The van der Waals surface area contributed by atoms with Gasteiger partial charge in [0, 0.05) is 25.1 Å². The van der Waals surface area contributed by atoms with Gasteiger partial charge in [-0.15, -0.1) is 0 Å². The van der Waals surface area contributed by atoms with Crippen molar-refractivity contribution in [2.75, 3.05) is 18.4 Å². The van der Waals surface area contributed by atoms with Crippen LogP contribution in [0.4, 0.5) is 5.82 Å². The number of aryl methyl sites for hydroxylation is 3. The van der Waals surface area contributed by atoms with Crippen molar-refractivity contribution in [2.24, 2.45) is 5.92 Å². The highest BCUT2D eigenvalue weighted by molar-refractivity contribution is 7.89. The van der Waals surface area contributed by atoms with Crippen LogP contribution in [0.1, 0.15) is 29.7 Å². The van der Waals surface area contributed by atoms with E-state index >= 15 is 0 Å². The van der Waals surface area contributed by atoms with E-state index in [0.29, 0.717) is 42.4 Å². The fourth-order valence-corrected chi connectivity index (χ4v) is 4.59. The Morgan fingerprint density at radius 2 is 1.85 bits per heavy atom. The number of sulfonamides is 1. The van der Waals surface area contributed by atoms with Crippen LogP contribution in [-0.2, 0) is 14.8 Å². The summed E-state index contributed by atoms with van der Waals surface area (Å²) in [7, 11) is -3.53. The van der Waals surface area contributed by atoms with Gasteiger partial charge in [-0.05, 0) is 56.9 Å². The van der Waals surface area contributed by atoms with Gasteiger partial charge in [-0.3, -0.25) is 4.79 Å². The van der Waals surface area contributed by atoms with Crippen LogP contribution in [0, 0.1) is 26.7 Å². The van der Waals surface area contributed by atoms with Crippen molar-refractivity contribution in [1.29, 1.82) is 0 Å². The minimum Gasteiger partial charge on any atom is -0.360 e. The molecule has 0 atom stereocenters. The zero-order valence-corrected chi connectivity index (χ0v) is 16.0. The highest BCUT2D eigenvalue weighted by atomic mass is 32.2. The molecule has 1 aliphatic rings. The lowest BCUT2D eigenvalue weighted by molar-refractivity contribution is -0.120. The van der Waals surface area contributed by atoms with Crippen LogP contribution >= 0.6 is 0 Å². The fraction of sp³-hybridized carbons (Fsp3) is 0.444. The molecule has 3 rings (SSSR count). The van der Waals surface area contributed by atoms with E-state index in [1.807, 2.05) is 19.9 Å². The number of carbonyl (C=O) groups is 1. The third kappa shape index (κ3) is 3.81. The molecule has 2 aromatic rings. The van der Waals surface area contributed by atoms with Gasteiger partial charge in [0.25, 0.3) is 0 Å². The number of nitrogens with one attached hydrogen (secondary N) is 1. The minimum atomic E-state index is -3.53. The third-order valence-corrected chi connectivity index (χ3v) is 6.71. The van der Waals surface area contributed by atoms with Crippen LogP contribution < -0.4 is 5.32 Å². The van der Waals surface area contributed by atoms with Crippen molar-refractivity contribution in [3.63, 3.8) is 0 Å². The summed E-state index contributed by atoms with van der Waals surface area (Å²) < 4.78 is 32.0. The molecule has 7 nitrogen and oxygen atoms in total. The fourth-order valence-electron chi connectivity index (χ4n) is 3.04. The first-order valence-electron chi connectivity index (χ1n) is 8.59. The number of carbonyl (C=O) groups excluding carboxylic acids is 1. The van der Waals surface area contributed by atoms with Crippen LogP contribution in [0.5, 0.6) is 0 Å². The van der Waals surface area contributed by atoms with E-state index in [0.717, 1.165) is 11.1 Å². The van der Waals surface area contributed by atoms with Gasteiger partial charge in [-0.1, -0.05) is 11.2 Å². The van der Waals surface area contributed by atoms with Gasteiger partial charge in [0.1, 0.15) is 5.76 Å². The SMILES string of the molecule is Cc1cc(NC(=O)C2CCN(S(=O)(=O)c3ccc(C)c(C)c3)CC2)no1. The van der Waals surface area contributed by atoms with E-state index in [1.54, 1.807) is 25.1 Å². The Hall–Kier alpha value is -2.19. The predicted octanol–water partition coefficient (Wildman–Crippen LogP) is 2.64. The lowest BCUT2D eigenvalue weighted by Gasteiger charge is -2.30. The zero-order valence-electron chi connectivity index (χ0n) is 15.2. The van der Waals surface area contributed by atoms with Crippen LogP contribution in [0.2, 0.25) is 0 Å². The predicted molar refractivity (Wildman–Crippen MR) is 97.3 cm³/mol. The van der Waals surface area contributed by atoms with Crippen LogP contribution in [0.3, 0.4) is 0 Å². The zero-order chi connectivity index (χ0) is 18.9. The second-order valence-corrected chi connectivity index (χ2v) is 8.67. The molecule has 2 heterocycles. The van der Waals surface area contributed by atoms with Gasteiger partial charge in [0.2, 0.25) is 15.9 Å². The summed E-state index contributed by atoms with van der Waals surface area (Å²) in [6.07, 6.45) is 0.958.